The van der Waals surface area contributed by atoms with Crippen LogP contribution in [-0.2, 0) is 4.74 Å². The fourth-order valence-corrected chi connectivity index (χ4v) is 2.51. The van der Waals surface area contributed by atoms with Crippen LogP contribution in [0, 0.1) is 5.92 Å². The van der Waals surface area contributed by atoms with Gasteiger partial charge in [-0.2, -0.15) is 0 Å². The van der Waals surface area contributed by atoms with Crippen LogP contribution in [0.2, 0.25) is 0 Å². The number of nitrogens with one attached hydrogen (secondary N) is 1. The van der Waals surface area contributed by atoms with Crippen LogP contribution in [0.1, 0.15) is 25.7 Å². The predicted octanol–water partition coefficient (Wildman–Crippen LogP) is 1.47. The molecule has 3 aliphatic rings. The summed E-state index contributed by atoms with van der Waals surface area (Å²) in [4.78, 5) is 0. The van der Waals surface area contributed by atoms with Gasteiger partial charge in [0.25, 0.3) is 0 Å². The van der Waals surface area contributed by atoms with Crippen LogP contribution in [0.25, 0.3) is 0 Å². The van der Waals surface area contributed by atoms with Gasteiger partial charge in [0.2, 0.25) is 0 Å². The minimum atomic E-state index is 0.527. The molecule has 2 saturated heterocycles. The number of epoxide rings is 1. The molecule has 3 atom stereocenters. The van der Waals surface area contributed by atoms with Crippen molar-refractivity contribution in [3.05, 3.63) is 11.6 Å². The average Bonchev–Trinajstić information content (AvgIpc) is 2.83. The summed E-state index contributed by atoms with van der Waals surface area (Å²) in [7, 11) is 0. The molecule has 3 rings (SSSR count). The van der Waals surface area contributed by atoms with Crippen molar-refractivity contribution in [3.8, 4) is 0 Å². The first kappa shape index (κ1) is 8.01. The Morgan fingerprint density at radius 2 is 2.38 bits per heavy atom. The van der Waals surface area contributed by atoms with Gasteiger partial charge in [0.15, 0.2) is 0 Å². The minimum Gasteiger partial charge on any atom is -0.365 e. The Kier molecular flexibility index (Phi) is 1.91. The molecule has 13 heavy (non-hydrogen) atoms. The molecule has 3 unspecified atom stereocenters. The lowest BCUT2D eigenvalue weighted by Crippen LogP contribution is -2.33. The van der Waals surface area contributed by atoms with Gasteiger partial charge in [-0.25, -0.2) is 0 Å². The van der Waals surface area contributed by atoms with E-state index < -0.39 is 0 Å². The van der Waals surface area contributed by atoms with Crippen molar-refractivity contribution in [2.45, 2.75) is 37.9 Å². The Hall–Kier alpha value is -0.340. The normalized spacial score (nSPS) is 43.7. The van der Waals surface area contributed by atoms with Crippen LogP contribution in [0.5, 0.6) is 0 Å². The molecule has 1 aliphatic carbocycles. The third-order valence-corrected chi connectivity index (χ3v) is 3.53. The monoisotopic (exact) mass is 179 g/mol. The maximum atomic E-state index is 5.75. The molecule has 0 saturated carbocycles. The van der Waals surface area contributed by atoms with Gasteiger partial charge >= 0.3 is 0 Å². The largest absolute Gasteiger partial charge is 0.365 e. The molecule has 0 aromatic carbocycles. The summed E-state index contributed by atoms with van der Waals surface area (Å²) < 4.78 is 5.75. The zero-order chi connectivity index (χ0) is 8.67. The fraction of sp³-hybridized carbons (Fsp3) is 0.818. The van der Waals surface area contributed by atoms with E-state index in [-0.39, 0.29) is 0 Å². The second-order valence-electron chi connectivity index (χ2n) is 4.45. The van der Waals surface area contributed by atoms with Gasteiger partial charge in [-0.1, -0.05) is 6.08 Å². The van der Waals surface area contributed by atoms with E-state index in [1.54, 1.807) is 5.57 Å². The summed E-state index contributed by atoms with van der Waals surface area (Å²) >= 11 is 0. The van der Waals surface area contributed by atoms with E-state index in [0.717, 1.165) is 5.92 Å². The quantitative estimate of drug-likeness (QED) is 0.513. The van der Waals surface area contributed by atoms with Gasteiger partial charge in [0.05, 0.1) is 6.10 Å². The highest BCUT2D eigenvalue weighted by atomic mass is 16.6. The number of piperidine rings is 1. The first-order valence-corrected chi connectivity index (χ1v) is 5.50. The second kappa shape index (κ2) is 3.10. The number of hydrogen-bond donors (Lipinski definition) is 1. The molecule has 72 valence electrons. The Labute approximate surface area is 79.3 Å². The third-order valence-electron chi connectivity index (χ3n) is 3.53. The Balaban J connectivity index is 1.56. The minimum absolute atomic E-state index is 0.527. The molecule has 0 aromatic heterocycles. The highest BCUT2D eigenvalue weighted by molar-refractivity contribution is 5.24. The number of hydrogen-bond acceptors (Lipinski definition) is 2. The molecule has 2 heterocycles. The van der Waals surface area contributed by atoms with Crippen LogP contribution >= 0.6 is 0 Å². The number of allylic oxidation sites excluding steroid dienone is 1. The molecule has 2 fully saturated rings. The van der Waals surface area contributed by atoms with Gasteiger partial charge in [0, 0.05) is 12.5 Å². The summed E-state index contributed by atoms with van der Waals surface area (Å²) in [5, 5.41) is 3.45. The maximum Gasteiger partial charge on any atom is 0.106 e. The topological polar surface area (TPSA) is 24.6 Å². The Morgan fingerprint density at radius 1 is 1.46 bits per heavy atom. The zero-order valence-electron chi connectivity index (χ0n) is 7.96. The van der Waals surface area contributed by atoms with Gasteiger partial charge < -0.3 is 10.1 Å². The average molecular weight is 179 g/mol. The van der Waals surface area contributed by atoms with Gasteiger partial charge in [-0.05, 0) is 37.8 Å². The van der Waals surface area contributed by atoms with Gasteiger partial charge in [0.1, 0.15) is 6.10 Å². The van der Waals surface area contributed by atoms with E-state index in [0.29, 0.717) is 12.2 Å². The first-order chi connectivity index (χ1) is 6.45. The standard InChI is InChI=1S/C11H17NO/c1-3-8(4-1)10-11(13-10)9-5-2-6-12-7-9/h3,9-12H,1-2,4-7H2. The summed E-state index contributed by atoms with van der Waals surface area (Å²) in [6.45, 7) is 2.38. The summed E-state index contributed by atoms with van der Waals surface area (Å²) in [6.07, 6.45) is 8.71. The molecule has 1 N–H and O–H groups in total. The Bertz CT molecular complexity index is 230. The molecule has 2 nitrogen and oxygen atoms in total. The van der Waals surface area contributed by atoms with Crippen molar-refractivity contribution >= 4 is 0 Å². The van der Waals surface area contributed by atoms with Crippen molar-refractivity contribution < 1.29 is 4.74 Å². The van der Waals surface area contributed by atoms with E-state index in [4.69, 9.17) is 4.74 Å². The lowest BCUT2D eigenvalue weighted by Gasteiger charge is -2.21. The molecular formula is C11H17NO. The van der Waals surface area contributed by atoms with E-state index in [1.165, 1.54) is 38.8 Å². The predicted molar refractivity (Wildman–Crippen MR) is 51.6 cm³/mol. The smallest absolute Gasteiger partial charge is 0.106 e. The van der Waals surface area contributed by atoms with E-state index in [2.05, 4.69) is 11.4 Å². The third kappa shape index (κ3) is 1.42. The van der Waals surface area contributed by atoms with Crippen LogP contribution in [0.4, 0.5) is 0 Å². The molecule has 2 heteroatoms. The van der Waals surface area contributed by atoms with E-state index in [9.17, 15) is 0 Å². The molecular weight excluding hydrogens is 162 g/mol. The van der Waals surface area contributed by atoms with Crippen molar-refractivity contribution in [3.63, 3.8) is 0 Å². The summed E-state index contributed by atoms with van der Waals surface area (Å²) in [5.74, 6) is 0.792. The van der Waals surface area contributed by atoms with Crippen molar-refractivity contribution in [1.29, 1.82) is 0 Å². The van der Waals surface area contributed by atoms with Crippen LogP contribution in [0.15, 0.2) is 11.6 Å². The maximum absolute atomic E-state index is 5.75. The van der Waals surface area contributed by atoms with Crippen LogP contribution in [0.3, 0.4) is 0 Å². The van der Waals surface area contributed by atoms with Crippen molar-refractivity contribution in [2.24, 2.45) is 5.92 Å². The highest BCUT2D eigenvalue weighted by Crippen LogP contribution is 2.41. The molecule has 0 amide bonds. The first-order valence-electron chi connectivity index (χ1n) is 5.50. The lowest BCUT2D eigenvalue weighted by molar-refractivity contribution is 0.275. The van der Waals surface area contributed by atoms with Crippen LogP contribution < -0.4 is 5.32 Å². The zero-order valence-corrected chi connectivity index (χ0v) is 7.96. The van der Waals surface area contributed by atoms with Gasteiger partial charge in [-0.3, -0.25) is 0 Å². The fourth-order valence-electron chi connectivity index (χ4n) is 2.51. The van der Waals surface area contributed by atoms with Crippen molar-refractivity contribution in [1.82, 2.24) is 5.32 Å². The van der Waals surface area contributed by atoms with E-state index in [1.807, 2.05) is 0 Å². The SMILES string of the molecule is C1=C(C2OC2C2CCCNC2)CC1. The Morgan fingerprint density at radius 3 is 3.00 bits per heavy atom. The molecule has 2 aliphatic heterocycles. The molecule has 0 bridgehead atoms. The molecule has 0 aromatic rings. The summed E-state index contributed by atoms with van der Waals surface area (Å²) in [6, 6.07) is 0. The second-order valence-corrected chi connectivity index (χ2v) is 4.45. The van der Waals surface area contributed by atoms with Gasteiger partial charge in [-0.15, -0.1) is 0 Å². The van der Waals surface area contributed by atoms with E-state index >= 15 is 0 Å². The summed E-state index contributed by atoms with van der Waals surface area (Å²) in [5.41, 5.74) is 1.58. The number of ether oxygens (including phenoxy) is 1. The molecule has 0 spiro atoms. The van der Waals surface area contributed by atoms with Crippen LogP contribution in [-0.4, -0.2) is 25.3 Å². The molecule has 0 radical (unpaired) electrons. The highest BCUT2D eigenvalue weighted by Gasteiger charge is 2.47. The lowest BCUT2D eigenvalue weighted by atomic mass is 9.88. The van der Waals surface area contributed by atoms with Crippen molar-refractivity contribution in [2.75, 3.05) is 13.1 Å². The number of rotatable bonds is 2.